The number of alkyl halides is 3. The smallest absolute Gasteiger partial charge is 0.416 e. The van der Waals surface area contributed by atoms with Crippen LogP contribution in [0, 0.1) is 0 Å². The summed E-state index contributed by atoms with van der Waals surface area (Å²) in [6.07, 6.45) is -1.21. The van der Waals surface area contributed by atoms with Crippen LogP contribution in [0.1, 0.15) is 36.7 Å². The van der Waals surface area contributed by atoms with E-state index in [1.54, 1.807) is 13.2 Å². The summed E-state index contributed by atoms with van der Waals surface area (Å²) < 4.78 is 51.9. The number of methoxy groups -OCH3 is 1. The number of hydrogen-bond donors (Lipinski definition) is 0. The zero-order valence-electron chi connectivity index (χ0n) is 17.1. The molecule has 5 nitrogen and oxygen atoms in total. The molecule has 2 aromatic carbocycles. The Bertz CT molecular complexity index is 1230. The summed E-state index contributed by atoms with van der Waals surface area (Å²) in [5.41, 5.74) is 0.490. The molecular weight excluding hydrogens is 409 g/mol. The highest BCUT2D eigenvalue weighted by Gasteiger charge is 2.31. The molecule has 0 saturated carbocycles. The number of nitrogens with zero attached hydrogens (tertiary/aromatic N) is 2. The first-order chi connectivity index (χ1) is 14.8. The molecule has 0 fully saturated rings. The first-order valence-corrected chi connectivity index (χ1v) is 9.95. The van der Waals surface area contributed by atoms with E-state index in [1.807, 2.05) is 25.1 Å². The van der Waals surface area contributed by atoms with Crippen LogP contribution < -0.4 is 15.0 Å². The Hall–Kier alpha value is -3.29. The maximum Gasteiger partial charge on any atom is 0.416 e. The van der Waals surface area contributed by atoms with Crippen LogP contribution in [0.5, 0.6) is 11.5 Å². The number of benzene rings is 2. The van der Waals surface area contributed by atoms with Gasteiger partial charge in [0.05, 0.1) is 30.2 Å². The lowest BCUT2D eigenvalue weighted by Gasteiger charge is -2.11. The zero-order valence-corrected chi connectivity index (χ0v) is 17.1. The predicted molar refractivity (Wildman–Crippen MR) is 112 cm³/mol. The summed E-state index contributed by atoms with van der Waals surface area (Å²) in [7, 11) is 1.57. The molecule has 0 radical (unpaired) electrons. The van der Waals surface area contributed by atoms with Gasteiger partial charge in [-0.2, -0.15) is 13.2 Å². The molecule has 1 aliphatic heterocycles. The van der Waals surface area contributed by atoms with Crippen LogP contribution in [-0.2, 0) is 12.7 Å². The van der Waals surface area contributed by atoms with E-state index in [-0.39, 0.29) is 16.5 Å². The maximum absolute atomic E-state index is 13.1. The van der Waals surface area contributed by atoms with Crippen LogP contribution in [0.25, 0.3) is 22.6 Å². The molecule has 0 spiro atoms. The number of halogens is 3. The average Bonchev–Trinajstić information content (AvgIpc) is 3.14. The SMILES string of the molecule is CCCOc1cc(/C=C2\CCn3c2nc2cc(C(F)(F)F)ccc2c3=O)ccc1OC. The van der Waals surface area contributed by atoms with Crippen molar-refractivity contribution in [2.75, 3.05) is 13.7 Å². The topological polar surface area (TPSA) is 53.4 Å². The van der Waals surface area contributed by atoms with Crippen molar-refractivity contribution >= 4 is 22.6 Å². The second kappa shape index (κ2) is 8.09. The molecule has 0 saturated heterocycles. The van der Waals surface area contributed by atoms with Crippen LogP contribution >= 0.6 is 0 Å². The fourth-order valence-electron chi connectivity index (χ4n) is 3.64. The van der Waals surface area contributed by atoms with Gasteiger partial charge in [0.2, 0.25) is 0 Å². The van der Waals surface area contributed by atoms with E-state index in [4.69, 9.17) is 9.47 Å². The molecule has 0 unspecified atom stereocenters. The largest absolute Gasteiger partial charge is 0.493 e. The molecule has 0 aliphatic carbocycles. The molecule has 8 heteroatoms. The second-order valence-electron chi connectivity index (χ2n) is 7.30. The van der Waals surface area contributed by atoms with Gasteiger partial charge in [-0.1, -0.05) is 13.0 Å². The van der Waals surface area contributed by atoms with Crippen molar-refractivity contribution in [3.05, 3.63) is 63.7 Å². The Labute approximate surface area is 176 Å². The van der Waals surface area contributed by atoms with Gasteiger partial charge in [-0.25, -0.2) is 4.98 Å². The van der Waals surface area contributed by atoms with E-state index in [1.165, 1.54) is 10.6 Å². The van der Waals surface area contributed by atoms with Crippen molar-refractivity contribution in [3.8, 4) is 11.5 Å². The van der Waals surface area contributed by atoms with Gasteiger partial charge in [-0.3, -0.25) is 9.36 Å². The summed E-state index contributed by atoms with van der Waals surface area (Å²) in [5.74, 6) is 1.61. The number of allylic oxidation sites excluding steroid dienone is 1. The predicted octanol–water partition coefficient (Wildman–Crippen LogP) is 5.16. The van der Waals surface area contributed by atoms with Crippen molar-refractivity contribution in [2.24, 2.45) is 0 Å². The van der Waals surface area contributed by atoms with Crippen LogP contribution in [0.15, 0.2) is 41.2 Å². The van der Waals surface area contributed by atoms with Crippen LogP contribution in [0.2, 0.25) is 0 Å². The first-order valence-electron chi connectivity index (χ1n) is 9.95. The van der Waals surface area contributed by atoms with Gasteiger partial charge in [0.1, 0.15) is 5.82 Å². The average molecular weight is 430 g/mol. The van der Waals surface area contributed by atoms with Crippen LogP contribution in [0.3, 0.4) is 0 Å². The molecule has 2 heterocycles. The normalized spacial score (nSPS) is 14.8. The van der Waals surface area contributed by atoms with Crippen molar-refractivity contribution in [2.45, 2.75) is 32.5 Å². The summed E-state index contributed by atoms with van der Waals surface area (Å²) >= 11 is 0. The van der Waals surface area contributed by atoms with E-state index < -0.39 is 11.7 Å². The second-order valence-corrected chi connectivity index (χ2v) is 7.30. The van der Waals surface area contributed by atoms with E-state index >= 15 is 0 Å². The minimum atomic E-state index is -4.50. The minimum Gasteiger partial charge on any atom is -0.493 e. The molecule has 0 bridgehead atoms. The Morgan fingerprint density at radius 1 is 1.16 bits per heavy atom. The molecule has 1 aliphatic rings. The molecule has 3 aromatic rings. The lowest BCUT2D eigenvalue weighted by atomic mass is 10.1. The van der Waals surface area contributed by atoms with Gasteiger partial charge in [0, 0.05) is 6.54 Å². The number of fused-ring (bicyclic) bond motifs is 2. The van der Waals surface area contributed by atoms with E-state index in [0.717, 1.165) is 29.7 Å². The Morgan fingerprint density at radius 3 is 2.68 bits per heavy atom. The Balaban J connectivity index is 1.78. The van der Waals surface area contributed by atoms with Crippen LogP contribution in [0.4, 0.5) is 13.2 Å². The lowest BCUT2D eigenvalue weighted by Crippen LogP contribution is -2.21. The third-order valence-electron chi connectivity index (χ3n) is 5.16. The molecule has 0 N–H and O–H groups in total. The zero-order chi connectivity index (χ0) is 22.2. The third-order valence-corrected chi connectivity index (χ3v) is 5.16. The van der Waals surface area contributed by atoms with Crippen molar-refractivity contribution in [1.29, 1.82) is 0 Å². The fourth-order valence-corrected chi connectivity index (χ4v) is 3.64. The molecule has 162 valence electrons. The number of ether oxygens (including phenoxy) is 2. The Kier molecular flexibility index (Phi) is 5.47. The molecule has 4 rings (SSSR count). The van der Waals surface area contributed by atoms with Crippen molar-refractivity contribution in [3.63, 3.8) is 0 Å². The van der Waals surface area contributed by atoms with Crippen molar-refractivity contribution < 1.29 is 22.6 Å². The quantitative estimate of drug-likeness (QED) is 0.561. The summed E-state index contributed by atoms with van der Waals surface area (Å²) in [6, 6.07) is 8.53. The molecular formula is C23H21F3N2O3. The minimum absolute atomic E-state index is 0.0422. The molecule has 0 amide bonds. The number of hydrogen-bond acceptors (Lipinski definition) is 4. The summed E-state index contributed by atoms with van der Waals surface area (Å²) in [4.78, 5) is 17.2. The highest BCUT2D eigenvalue weighted by atomic mass is 19.4. The lowest BCUT2D eigenvalue weighted by molar-refractivity contribution is -0.137. The maximum atomic E-state index is 13.1. The summed E-state index contributed by atoms with van der Waals surface area (Å²) in [6.45, 7) is 2.98. The fraction of sp³-hybridized carbons (Fsp3) is 0.304. The van der Waals surface area contributed by atoms with Gasteiger partial charge >= 0.3 is 6.18 Å². The highest BCUT2D eigenvalue weighted by molar-refractivity contribution is 5.85. The van der Waals surface area contributed by atoms with E-state index in [9.17, 15) is 18.0 Å². The van der Waals surface area contributed by atoms with Crippen molar-refractivity contribution in [1.82, 2.24) is 9.55 Å². The van der Waals surface area contributed by atoms with Gasteiger partial charge in [-0.15, -0.1) is 0 Å². The monoisotopic (exact) mass is 430 g/mol. The molecule has 1 aromatic heterocycles. The van der Waals surface area contributed by atoms with Gasteiger partial charge in [-0.05, 0) is 60.4 Å². The Morgan fingerprint density at radius 2 is 1.97 bits per heavy atom. The standard InChI is InChI=1S/C23H21F3N2O3/c1-3-10-31-20-12-14(4-7-19(20)30-2)11-15-8-9-28-21(15)27-18-13-16(23(24,25)26)5-6-17(18)22(28)29/h4-7,11-13H,3,8-10H2,1-2H3/b15-11+. The third kappa shape index (κ3) is 4.02. The van der Waals surface area contributed by atoms with Gasteiger partial charge < -0.3 is 9.47 Å². The van der Waals surface area contributed by atoms with Gasteiger partial charge in [0.15, 0.2) is 11.5 Å². The first kappa shape index (κ1) is 21.0. The molecule has 0 atom stereocenters. The van der Waals surface area contributed by atoms with E-state index in [0.29, 0.717) is 36.9 Å². The van der Waals surface area contributed by atoms with Crippen LogP contribution in [-0.4, -0.2) is 23.3 Å². The summed E-state index contributed by atoms with van der Waals surface area (Å²) in [5, 5.41) is 0.178. The van der Waals surface area contributed by atoms with E-state index in [2.05, 4.69) is 4.98 Å². The highest BCUT2D eigenvalue weighted by Crippen LogP contribution is 2.34. The number of rotatable bonds is 5. The number of aromatic nitrogens is 2. The molecule has 31 heavy (non-hydrogen) atoms. The van der Waals surface area contributed by atoms with Gasteiger partial charge in [0.25, 0.3) is 5.56 Å².